The van der Waals surface area contributed by atoms with Crippen molar-refractivity contribution < 1.29 is 19.1 Å². The van der Waals surface area contributed by atoms with E-state index in [1.165, 1.54) is 0 Å². The van der Waals surface area contributed by atoms with E-state index < -0.39 is 5.41 Å². The van der Waals surface area contributed by atoms with Crippen molar-refractivity contribution in [3.05, 3.63) is 48.0 Å². The van der Waals surface area contributed by atoms with Gasteiger partial charge in [-0.15, -0.1) is 0 Å². The number of hydrogen-bond donors (Lipinski definition) is 2. The Labute approximate surface area is 183 Å². The predicted octanol–water partition coefficient (Wildman–Crippen LogP) is 4.22. The minimum absolute atomic E-state index is 0.0464. The lowest BCUT2D eigenvalue weighted by Gasteiger charge is -2.27. The van der Waals surface area contributed by atoms with Crippen molar-refractivity contribution in [3.8, 4) is 11.5 Å². The molecule has 2 aromatic rings. The fourth-order valence-electron chi connectivity index (χ4n) is 3.46. The van der Waals surface area contributed by atoms with Crippen LogP contribution in [-0.4, -0.2) is 38.7 Å². The fraction of sp³-hybridized carbons (Fsp3) is 0.417. The second-order valence-electron chi connectivity index (χ2n) is 8.29. The average Bonchev–Trinajstić information content (AvgIpc) is 2.84. The van der Waals surface area contributed by atoms with Gasteiger partial charge in [0, 0.05) is 24.8 Å². The second kappa shape index (κ2) is 9.73. The molecule has 0 saturated carbocycles. The summed E-state index contributed by atoms with van der Waals surface area (Å²) in [6, 6.07) is 12.9. The molecule has 1 aliphatic heterocycles. The predicted molar refractivity (Wildman–Crippen MR) is 122 cm³/mol. The zero-order valence-electron chi connectivity index (χ0n) is 18.7. The molecule has 1 heterocycles. The van der Waals surface area contributed by atoms with Crippen LogP contribution < -0.4 is 25.0 Å². The van der Waals surface area contributed by atoms with Crippen LogP contribution in [0.15, 0.2) is 42.5 Å². The highest BCUT2D eigenvalue weighted by Crippen LogP contribution is 2.38. The largest absolute Gasteiger partial charge is 0.497 e. The van der Waals surface area contributed by atoms with Gasteiger partial charge in [0.2, 0.25) is 5.91 Å². The highest BCUT2D eigenvalue weighted by molar-refractivity contribution is 6.00. The summed E-state index contributed by atoms with van der Waals surface area (Å²) >= 11 is 0. The van der Waals surface area contributed by atoms with E-state index in [1.807, 2.05) is 51.1 Å². The molecule has 0 unspecified atom stereocenters. The monoisotopic (exact) mass is 425 g/mol. The van der Waals surface area contributed by atoms with Gasteiger partial charge in [-0.05, 0) is 56.5 Å². The van der Waals surface area contributed by atoms with Crippen LogP contribution in [0.25, 0.3) is 0 Å². The molecule has 0 atom stereocenters. The Kier molecular flexibility index (Phi) is 7.05. The van der Waals surface area contributed by atoms with E-state index in [9.17, 15) is 9.59 Å². The molecular weight excluding hydrogens is 394 g/mol. The maximum absolute atomic E-state index is 12.9. The molecule has 0 aliphatic carbocycles. The molecule has 0 bridgehead atoms. The number of benzene rings is 2. The van der Waals surface area contributed by atoms with Crippen molar-refractivity contribution in [2.45, 2.75) is 33.6 Å². The molecule has 2 aromatic carbocycles. The average molecular weight is 426 g/mol. The van der Waals surface area contributed by atoms with Crippen LogP contribution in [-0.2, 0) is 11.2 Å². The Hall–Kier alpha value is -3.22. The van der Waals surface area contributed by atoms with Crippen LogP contribution >= 0.6 is 0 Å². The zero-order chi connectivity index (χ0) is 22.4. The lowest BCUT2D eigenvalue weighted by molar-refractivity contribution is -0.127. The van der Waals surface area contributed by atoms with E-state index in [0.717, 1.165) is 23.4 Å². The summed E-state index contributed by atoms with van der Waals surface area (Å²) < 4.78 is 11.1. The highest BCUT2D eigenvalue weighted by atomic mass is 16.5. The molecule has 3 rings (SSSR count). The van der Waals surface area contributed by atoms with Crippen LogP contribution in [0.4, 0.5) is 16.2 Å². The number of anilines is 2. The summed E-state index contributed by atoms with van der Waals surface area (Å²) in [5, 5.41) is 5.71. The van der Waals surface area contributed by atoms with Crippen molar-refractivity contribution in [1.82, 2.24) is 5.32 Å². The summed E-state index contributed by atoms with van der Waals surface area (Å²) in [7, 11) is 1.63. The van der Waals surface area contributed by atoms with Crippen LogP contribution in [0, 0.1) is 5.41 Å². The van der Waals surface area contributed by atoms with Crippen molar-refractivity contribution >= 4 is 23.3 Å². The number of amides is 3. The first-order chi connectivity index (χ1) is 14.8. The zero-order valence-corrected chi connectivity index (χ0v) is 18.7. The standard InChI is InChI=1S/C24H31N3O4/c1-5-14-27-20-11-8-18(15-21(20)31-16-24(2,3)22(27)28)26-23(29)25-13-12-17-6-9-19(30-4)10-7-17/h6-11,15H,5,12-14,16H2,1-4H3,(H2,25,26,29). The van der Waals surface area contributed by atoms with Gasteiger partial charge in [-0.25, -0.2) is 4.79 Å². The second-order valence-corrected chi connectivity index (χ2v) is 8.29. The topological polar surface area (TPSA) is 79.9 Å². The number of rotatable bonds is 7. The van der Waals surface area contributed by atoms with E-state index >= 15 is 0 Å². The molecule has 3 amide bonds. The quantitative estimate of drug-likeness (QED) is 0.696. The van der Waals surface area contributed by atoms with Gasteiger partial charge in [0.1, 0.15) is 18.1 Å². The fourth-order valence-corrected chi connectivity index (χ4v) is 3.46. The third-order valence-corrected chi connectivity index (χ3v) is 5.23. The molecule has 7 heteroatoms. The van der Waals surface area contributed by atoms with Gasteiger partial charge in [0.05, 0.1) is 18.2 Å². The van der Waals surface area contributed by atoms with Crippen molar-refractivity contribution in [3.63, 3.8) is 0 Å². The van der Waals surface area contributed by atoms with Crippen LogP contribution in [0.2, 0.25) is 0 Å². The van der Waals surface area contributed by atoms with Crippen LogP contribution in [0.3, 0.4) is 0 Å². The molecule has 0 spiro atoms. The lowest BCUT2D eigenvalue weighted by Crippen LogP contribution is -2.42. The summed E-state index contributed by atoms with van der Waals surface area (Å²) in [5.41, 5.74) is 1.86. The number of carbonyl (C=O) groups excluding carboxylic acids is 2. The molecule has 31 heavy (non-hydrogen) atoms. The normalized spacial score (nSPS) is 14.8. The minimum Gasteiger partial charge on any atom is -0.497 e. The number of nitrogens with zero attached hydrogens (tertiary/aromatic N) is 1. The van der Waals surface area contributed by atoms with E-state index in [4.69, 9.17) is 9.47 Å². The van der Waals surface area contributed by atoms with Gasteiger partial charge in [0.15, 0.2) is 0 Å². The van der Waals surface area contributed by atoms with Gasteiger partial charge < -0.3 is 25.0 Å². The van der Waals surface area contributed by atoms with Crippen molar-refractivity contribution in [2.24, 2.45) is 5.41 Å². The van der Waals surface area contributed by atoms with E-state index in [2.05, 4.69) is 10.6 Å². The maximum atomic E-state index is 12.9. The Balaban J connectivity index is 1.61. The molecule has 7 nitrogen and oxygen atoms in total. The first kappa shape index (κ1) is 22.5. The van der Waals surface area contributed by atoms with Gasteiger partial charge in [-0.2, -0.15) is 0 Å². The number of methoxy groups -OCH3 is 1. The number of nitrogens with one attached hydrogen (secondary N) is 2. The molecule has 166 valence electrons. The number of ether oxygens (including phenoxy) is 2. The number of urea groups is 1. The molecule has 0 radical (unpaired) electrons. The van der Waals surface area contributed by atoms with Crippen LogP contribution in [0.5, 0.6) is 11.5 Å². The Bertz CT molecular complexity index is 925. The maximum Gasteiger partial charge on any atom is 0.319 e. The van der Waals surface area contributed by atoms with E-state index in [-0.39, 0.29) is 18.5 Å². The molecule has 0 saturated heterocycles. The van der Waals surface area contributed by atoms with Crippen molar-refractivity contribution in [2.75, 3.05) is 37.0 Å². The third-order valence-electron chi connectivity index (χ3n) is 5.23. The van der Waals surface area contributed by atoms with Gasteiger partial charge in [-0.3, -0.25) is 4.79 Å². The highest BCUT2D eigenvalue weighted by Gasteiger charge is 2.37. The molecule has 2 N–H and O–H groups in total. The Morgan fingerprint density at radius 3 is 2.61 bits per heavy atom. The summed E-state index contributed by atoms with van der Waals surface area (Å²) in [6.45, 7) is 7.23. The number of carbonyl (C=O) groups is 2. The molecule has 0 fully saturated rings. The minimum atomic E-state index is -0.611. The van der Waals surface area contributed by atoms with Crippen molar-refractivity contribution in [1.29, 1.82) is 0 Å². The summed E-state index contributed by atoms with van der Waals surface area (Å²) in [6.07, 6.45) is 1.56. The van der Waals surface area contributed by atoms with Crippen LogP contribution in [0.1, 0.15) is 32.8 Å². The summed E-state index contributed by atoms with van der Waals surface area (Å²) in [5.74, 6) is 1.45. The Morgan fingerprint density at radius 1 is 1.19 bits per heavy atom. The number of hydrogen-bond acceptors (Lipinski definition) is 4. The van der Waals surface area contributed by atoms with Gasteiger partial charge in [0.25, 0.3) is 0 Å². The van der Waals surface area contributed by atoms with E-state index in [1.54, 1.807) is 24.1 Å². The smallest absolute Gasteiger partial charge is 0.319 e. The number of fused-ring (bicyclic) bond motifs is 1. The summed E-state index contributed by atoms with van der Waals surface area (Å²) in [4.78, 5) is 27.0. The van der Waals surface area contributed by atoms with Gasteiger partial charge >= 0.3 is 6.03 Å². The first-order valence-electron chi connectivity index (χ1n) is 10.6. The van der Waals surface area contributed by atoms with Gasteiger partial charge in [-0.1, -0.05) is 19.1 Å². The molecule has 0 aromatic heterocycles. The SMILES string of the molecule is CCCN1C(=O)C(C)(C)COc2cc(NC(=O)NCCc3ccc(OC)cc3)ccc21. The van der Waals surface area contributed by atoms with E-state index in [0.29, 0.717) is 30.9 Å². The third kappa shape index (κ3) is 5.48. The lowest BCUT2D eigenvalue weighted by atomic mass is 9.93. The first-order valence-corrected chi connectivity index (χ1v) is 10.6. The molecule has 1 aliphatic rings. The Morgan fingerprint density at radius 2 is 1.94 bits per heavy atom. The molecular formula is C24H31N3O4.